The van der Waals surface area contributed by atoms with Crippen molar-refractivity contribution in [3.8, 4) is 0 Å². The van der Waals surface area contributed by atoms with Gasteiger partial charge in [0.15, 0.2) is 0 Å². The van der Waals surface area contributed by atoms with Gasteiger partial charge in [-0.25, -0.2) is 0 Å². The van der Waals surface area contributed by atoms with Crippen molar-refractivity contribution in [1.82, 2.24) is 14.7 Å². The van der Waals surface area contributed by atoms with Gasteiger partial charge in [0, 0.05) is 39.3 Å². The summed E-state index contributed by atoms with van der Waals surface area (Å²) in [5, 5.41) is 0. The summed E-state index contributed by atoms with van der Waals surface area (Å²) in [5.41, 5.74) is 0. The summed E-state index contributed by atoms with van der Waals surface area (Å²) in [6.07, 6.45) is -3.49. The van der Waals surface area contributed by atoms with Gasteiger partial charge in [0.2, 0.25) is 5.91 Å². The van der Waals surface area contributed by atoms with Crippen molar-refractivity contribution in [2.75, 3.05) is 45.8 Å². The number of hydrogen-bond acceptors (Lipinski definition) is 4. The van der Waals surface area contributed by atoms with Crippen LogP contribution in [0, 0.1) is 5.92 Å². The molecule has 2 rings (SSSR count). The van der Waals surface area contributed by atoms with Crippen molar-refractivity contribution in [2.24, 2.45) is 5.92 Å². The van der Waals surface area contributed by atoms with Crippen molar-refractivity contribution < 1.29 is 22.7 Å². The maximum atomic E-state index is 13.2. The number of carbonyl (C=O) groups is 1. The first-order valence-electron chi connectivity index (χ1n) is 9.54. The van der Waals surface area contributed by atoms with Crippen LogP contribution in [0.4, 0.5) is 13.2 Å². The number of amides is 1. The van der Waals surface area contributed by atoms with Crippen LogP contribution in [0.1, 0.15) is 34.1 Å². The number of halogens is 3. The van der Waals surface area contributed by atoms with Crippen molar-refractivity contribution in [2.45, 2.75) is 58.5 Å². The Labute approximate surface area is 154 Å². The second-order valence-electron chi connectivity index (χ2n) is 7.97. The van der Waals surface area contributed by atoms with Crippen LogP contribution in [0.25, 0.3) is 0 Å². The quantitative estimate of drug-likeness (QED) is 0.751. The average Bonchev–Trinajstić information content (AvgIpc) is 2.69. The molecule has 3 unspecified atom stereocenters. The van der Waals surface area contributed by atoms with Crippen LogP contribution in [0.5, 0.6) is 0 Å². The highest BCUT2D eigenvalue weighted by atomic mass is 19.4. The Balaban J connectivity index is 2.02. The third-order valence-corrected chi connectivity index (χ3v) is 5.03. The summed E-state index contributed by atoms with van der Waals surface area (Å²) in [7, 11) is 0. The van der Waals surface area contributed by atoms with Crippen molar-refractivity contribution in [1.29, 1.82) is 0 Å². The van der Waals surface area contributed by atoms with E-state index in [0.29, 0.717) is 39.1 Å². The number of hydrogen-bond donors (Lipinski definition) is 0. The largest absolute Gasteiger partial charge is 0.401 e. The molecule has 2 aliphatic heterocycles. The highest BCUT2D eigenvalue weighted by Gasteiger charge is 2.37. The summed E-state index contributed by atoms with van der Waals surface area (Å²) in [5.74, 6) is 0.171. The van der Waals surface area contributed by atoms with E-state index in [4.69, 9.17) is 4.74 Å². The Morgan fingerprint density at radius 1 is 1.08 bits per heavy atom. The number of nitrogens with zero attached hydrogens (tertiary/aromatic N) is 3. The minimum absolute atomic E-state index is 0.0372. The number of ether oxygens (including phenoxy) is 1. The fourth-order valence-corrected chi connectivity index (χ4v) is 4.10. The van der Waals surface area contributed by atoms with Crippen LogP contribution in [0.2, 0.25) is 0 Å². The summed E-state index contributed by atoms with van der Waals surface area (Å²) in [6.45, 7) is 10.1. The Morgan fingerprint density at radius 2 is 1.69 bits per heavy atom. The van der Waals surface area contributed by atoms with E-state index in [1.54, 1.807) is 4.90 Å². The Morgan fingerprint density at radius 3 is 2.23 bits per heavy atom. The van der Waals surface area contributed by atoms with Crippen molar-refractivity contribution in [3.63, 3.8) is 0 Å². The number of carbonyl (C=O) groups excluding carboxylic acids is 1. The maximum absolute atomic E-state index is 13.2. The maximum Gasteiger partial charge on any atom is 0.401 e. The summed E-state index contributed by atoms with van der Waals surface area (Å²) < 4.78 is 43.7. The first kappa shape index (κ1) is 21.4. The van der Waals surface area contributed by atoms with Gasteiger partial charge in [-0.2, -0.15) is 13.2 Å². The second kappa shape index (κ2) is 8.89. The molecule has 0 aromatic heterocycles. The fourth-order valence-electron chi connectivity index (χ4n) is 4.10. The lowest BCUT2D eigenvalue weighted by atomic mass is 9.99. The molecule has 0 N–H and O–H groups in total. The molecule has 0 saturated carbocycles. The minimum Gasteiger partial charge on any atom is -0.373 e. The van der Waals surface area contributed by atoms with E-state index in [1.807, 2.05) is 27.7 Å². The number of rotatable bonds is 4. The molecular formula is C18H32F3N3O2. The molecular weight excluding hydrogens is 347 g/mol. The molecule has 0 radical (unpaired) electrons. The molecule has 1 amide bonds. The van der Waals surface area contributed by atoms with E-state index in [2.05, 4.69) is 4.90 Å². The smallest absolute Gasteiger partial charge is 0.373 e. The molecule has 0 aliphatic carbocycles. The molecule has 0 spiro atoms. The zero-order valence-electron chi connectivity index (χ0n) is 16.3. The first-order valence-corrected chi connectivity index (χ1v) is 9.54. The first-order chi connectivity index (χ1) is 12.1. The van der Waals surface area contributed by atoms with Gasteiger partial charge >= 0.3 is 6.18 Å². The van der Waals surface area contributed by atoms with Gasteiger partial charge in [0.1, 0.15) is 0 Å². The van der Waals surface area contributed by atoms with Crippen LogP contribution >= 0.6 is 0 Å². The van der Waals surface area contributed by atoms with Gasteiger partial charge in [-0.15, -0.1) is 0 Å². The fraction of sp³-hybridized carbons (Fsp3) is 0.944. The van der Waals surface area contributed by atoms with Crippen molar-refractivity contribution >= 4 is 5.91 Å². The van der Waals surface area contributed by atoms with Gasteiger partial charge in [-0.1, -0.05) is 13.8 Å². The van der Waals surface area contributed by atoms with E-state index in [0.717, 1.165) is 0 Å². The van der Waals surface area contributed by atoms with Crippen LogP contribution in [0.15, 0.2) is 0 Å². The Kier molecular flexibility index (Phi) is 7.33. The lowest BCUT2D eigenvalue weighted by Gasteiger charge is -2.42. The predicted molar refractivity (Wildman–Crippen MR) is 93.9 cm³/mol. The van der Waals surface area contributed by atoms with E-state index in [1.165, 1.54) is 4.90 Å². The lowest BCUT2D eigenvalue weighted by Crippen LogP contribution is -2.58. The monoisotopic (exact) mass is 379 g/mol. The average molecular weight is 379 g/mol. The zero-order chi connectivity index (χ0) is 19.5. The van der Waals surface area contributed by atoms with Crippen LogP contribution in [-0.2, 0) is 9.53 Å². The molecule has 0 aromatic rings. The van der Waals surface area contributed by atoms with Gasteiger partial charge in [-0.05, 0) is 26.2 Å². The van der Waals surface area contributed by atoms with E-state index >= 15 is 0 Å². The minimum atomic E-state index is -4.19. The topological polar surface area (TPSA) is 36.0 Å². The highest BCUT2D eigenvalue weighted by molar-refractivity contribution is 5.82. The molecule has 0 aromatic carbocycles. The lowest BCUT2D eigenvalue weighted by molar-refractivity contribution is -0.147. The number of morpholine rings is 1. The van der Waals surface area contributed by atoms with Gasteiger partial charge in [-0.3, -0.25) is 14.6 Å². The molecule has 2 fully saturated rings. The van der Waals surface area contributed by atoms with Crippen molar-refractivity contribution in [3.05, 3.63) is 0 Å². The summed E-state index contributed by atoms with van der Waals surface area (Å²) in [6, 6.07) is -0.252. The van der Waals surface area contributed by atoms with Gasteiger partial charge in [0.25, 0.3) is 0 Å². The molecule has 5 nitrogen and oxygen atoms in total. The standard InChI is InChI=1S/C18H32F3N3O2/c1-13(2)16(24-10-14(3)26-15(4)11-24)17(25)23-7-5-6-22(8-9-23)12-18(19,20)21/h13-16H,5-12H2,1-4H3. The molecule has 2 aliphatic rings. The SMILES string of the molecule is CC1CN(C(C(=O)N2CCCN(CC(F)(F)F)CC2)C(C)C)CC(C)O1. The van der Waals surface area contributed by atoms with E-state index in [-0.39, 0.29) is 36.6 Å². The third kappa shape index (κ3) is 6.09. The Hall–Kier alpha value is -0.860. The van der Waals surface area contributed by atoms with E-state index < -0.39 is 12.7 Å². The van der Waals surface area contributed by atoms with Gasteiger partial charge in [0.05, 0.1) is 24.8 Å². The summed E-state index contributed by atoms with van der Waals surface area (Å²) >= 11 is 0. The molecule has 3 atom stereocenters. The molecule has 2 saturated heterocycles. The predicted octanol–water partition coefficient (Wildman–Crippen LogP) is 2.22. The number of alkyl halides is 3. The zero-order valence-corrected chi connectivity index (χ0v) is 16.3. The van der Waals surface area contributed by atoms with Crippen LogP contribution in [-0.4, -0.2) is 90.8 Å². The molecule has 2 heterocycles. The summed E-state index contributed by atoms with van der Waals surface area (Å²) in [4.78, 5) is 18.5. The molecule has 26 heavy (non-hydrogen) atoms. The second-order valence-corrected chi connectivity index (χ2v) is 7.97. The normalized spacial score (nSPS) is 28.2. The molecule has 0 bridgehead atoms. The van der Waals surface area contributed by atoms with E-state index in [9.17, 15) is 18.0 Å². The highest BCUT2D eigenvalue weighted by Crippen LogP contribution is 2.22. The Bertz CT molecular complexity index is 463. The van der Waals surface area contributed by atoms with Crippen LogP contribution < -0.4 is 0 Å². The third-order valence-electron chi connectivity index (χ3n) is 5.03. The van der Waals surface area contributed by atoms with Crippen LogP contribution in [0.3, 0.4) is 0 Å². The molecule has 8 heteroatoms. The molecule has 152 valence electrons. The van der Waals surface area contributed by atoms with Gasteiger partial charge < -0.3 is 9.64 Å².